The Hall–Kier alpha value is -0.760. The maximum absolute atomic E-state index is 12.3. The molecule has 1 aromatic carbocycles. The number of morpholine rings is 1. The predicted octanol–water partition coefficient (Wildman–Crippen LogP) is 3.06. The first-order chi connectivity index (χ1) is 10.4. The number of fused-ring (bicyclic) bond motifs is 1. The highest BCUT2D eigenvalue weighted by atomic mass is 79.9. The van der Waals surface area contributed by atoms with Crippen molar-refractivity contribution in [3.05, 3.63) is 37.3 Å². The van der Waals surface area contributed by atoms with Crippen LogP contribution in [-0.4, -0.2) is 40.2 Å². The number of aromatic amines is 1. The SMILES string of the molecule is C[C@@H]1CN(Cc2nc3c(Br)cc(Br)cc3c(=O)[nH]2)C[C@@H](C)O1. The fraction of sp³-hybridized carbons (Fsp3) is 0.467. The first-order valence-corrected chi connectivity index (χ1v) is 8.76. The molecular formula is C15H17Br2N3O2. The first-order valence-electron chi connectivity index (χ1n) is 7.18. The molecule has 0 spiro atoms. The number of hydrogen-bond donors (Lipinski definition) is 1. The third kappa shape index (κ3) is 3.42. The summed E-state index contributed by atoms with van der Waals surface area (Å²) in [6, 6.07) is 3.69. The summed E-state index contributed by atoms with van der Waals surface area (Å²) in [6.07, 6.45) is 0.386. The zero-order valence-corrected chi connectivity index (χ0v) is 15.6. The molecule has 1 aromatic heterocycles. The minimum Gasteiger partial charge on any atom is -0.373 e. The van der Waals surface area contributed by atoms with Gasteiger partial charge >= 0.3 is 0 Å². The summed E-state index contributed by atoms with van der Waals surface area (Å²) >= 11 is 6.88. The Bertz CT molecular complexity index is 752. The summed E-state index contributed by atoms with van der Waals surface area (Å²) in [5.74, 6) is 0.682. The number of H-pyrrole nitrogens is 1. The Morgan fingerprint density at radius 1 is 1.32 bits per heavy atom. The maximum Gasteiger partial charge on any atom is 0.258 e. The van der Waals surface area contributed by atoms with E-state index in [0.29, 0.717) is 23.3 Å². The molecule has 0 amide bonds. The van der Waals surface area contributed by atoms with Crippen molar-refractivity contribution in [2.75, 3.05) is 13.1 Å². The number of benzene rings is 1. The average molecular weight is 431 g/mol. The highest BCUT2D eigenvalue weighted by Crippen LogP contribution is 2.25. The zero-order valence-electron chi connectivity index (χ0n) is 12.4. The summed E-state index contributed by atoms with van der Waals surface area (Å²) < 4.78 is 7.40. The lowest BCUT2D eigenvalue weighted by Gasteiger charge is -2.34. The highest BCUT2D eigenvalue weighted by molar-refractivity contribution is 9.11. The molecule has 3 rings (SSSR count). The van der Waals surface area contributed by atoms with Crippen molar-refractivity contribution in [3.63, 3.8) is 0 Å². The van der Waals surface area contributed by atoms with E-state index in [1.54, 1.807) is 6.07 Å². The summed E-state index contributed by atoms with van der Waals surface area (Å²) in [4.78, 5) is 22.1. The fourth-order valence-corrected chi connectivity index (χ4v) is 4.23. The Kier molecular flexibility index (Phi) is 4.68. The summed E-state index contributed by atoms with van der Waals surface area (Å²) in [5, 5.41) is 0.578. The Labute approximate surface area is 145 Å². The van der Waals surface area contributed by atoms with Gasteiger partial charge in [0.25, 0.3) is 5.56 Å². The molecule has 5 nitrogen and oxygen atoms in total. The van der Waals surface area contributed by atoms with Crippen LogP contribution in [0, 0.1) is 0 Å². The second kappa shape index (κ2) is 6.39. The molecule has 0 unspecified atom stereocenters. The molecular weight excluding hydrogens is 414 g/mol. The quantitative estimate of drug-likeness (QED) is 0.795. The van der Waals surface area contributed by atoms with Gasteiger partial charge < -0.3 is 9.72 Å². The normalized spacial score (nSPS) is 23.1. The number of halogens is 2. The van der Waals surface area contributed by atoms with Gasteiger partial charge in [-0.1, -0.05) is 15.9 Å². The van der Waals surface area contributed by atoms with Gasteiger partial charge in [0.2, 0.25) is 0 Å². The largest absolute Gasteiger partial charge is 0.373 e. The van der Waals surface area contributed by atoms with E-state index in [9.17, 15) is 4.79 Å². The third-order valence-corrected chi connectivity index (χ3v) is 4.71. The second-order valence-electron chi connectivity index (χ2n) is 5.75. The lowest BCUT2D eigenvalue weighted by atomic mass is 10.2. The second-order valence-corrected chi connectivity index (χ2v) is 7.52. The van der Waals surface area contributed by atoms with Crippen LogP contribution >= 0.6 is 31.9 Å². The summed E-state index contributed by atoms with van der Waals surface area (Å²) in [7, 11) is 0. The van der Waals surface area contributed by atoms with Gasteiger partial charge in [0, 0.05) is 22.0 Å². The van der Waals surface area contributed by atoms with Crippen LogP contribution in [0.5, 0.6) is 0 Å². The zero-order chi connectivity index (χ0) is 15.9. The van der Waals surface area contributed by atoms with Crippen molar-refractivity contribution in [2.24, 2.45) is 0 Å². The molecule has 7 heteroatoms. The number of hydrogen-bond acceptors (Lipinski definition) is 4. The molecule has 2 heterocycles. The summed E-state index contributed by atoms with van der Waals surface area (Å²) in [6.45, 7) is 6.42. The van der Waals surface area contributed by atoms with Gasteiger partial charge in [-0.05, 0) is 41.9 Å². The Balaban J connectivity index is 1.93. The Morgan fingerprint density at radius 2 is 2.00 bits per heavy atom. The lowest BCUT2D eigenvalue weighted by Crippen LogP contribution is -2.45. The first kappa shape index (κ1) is 16.1. The van der Waals surface area contributed by atoms with Gasteiger partial charge in [-0.3, -0.25) is 9.69 Å². The summed E-state index contributed by atoms with van der Waals surface area (Å²) in [5.41, 5.74) is 0.577. The molecule has 1 saturated heterocycles. The van der Waals surface area contributed by atoms with Crippen molar-refractivity contribution in [1.82, 2.24) is 14.9 Å². The van der Waals surface area contributed by atoms with E-state index in [-0.39, 0.29) is 17.8 Å². The van der Waals surface area contributed by atoms with Gasteiger partial charge in [-0.2, -0.15) is 0 Å². The molecule has 0 aliphatic carbocycles. The number of rotatable bonds is 2. The molecule has 1 aliphatic rings. The van der Waals surface area contributed by atoms with Crippen LogP contribution in [-0.2, 0) is 11.3 Å². The van der Waals surface area contributed by atoms with Crippen LogP contribution < -0.4 is 5.56 Å². The minimum atomic E-state index is -0.114. The average Bonchev–Trinajstić information content (AvgIpc) is 2.39. The van der Waals surface area contributed by atoms with E-state index >= 15 is 0 Å². The molecule has 0 bridgehead atoms. The Morgan fingerprint density at radius 3 is 2.68 bits per heavy atom. The fourth-order valence-electron chi connectivity index (χ4n) is 2.91. The van der Waals surface area contributed by atoms with Crippen LogP contribution in [0.2, 0.25) is 0 Å². The van der Waals surface area contributed by atoms with Crippen molar-refractivity contribution in [1.29, 1.82) is 0 Å². The molecule has 1 aliphatic heterocycles. The van der Waals surface area contributed by atoms with Crippen LogP contribution in [0.25, 0.3) is 10.9 Å². The third-order valence-electron chi connectivity index (χ3n) is 3.65. The molecule has 118 valence electrons. The van der Waals surface area contributed by atoms with E-state index in [0.717, 1.165) is 22.0 Å². The number of nitrogens with zero attached hydrogens (tertiary/aromatic N) is 2. The monoisotopic (exact) mass is 429 g/mol. The van der Waals surface area contributed by atoms with E-state index in [4.69, 9.17) is 4.74 Å². The molecule has 0 saturated carbocycles. The van der Waals surface area contributed by atoms with Crippen molar-refractivity contribution in [2.45, 2.75) is 32.6 Å². The van der Waals surface area contributed by atoms with E-state index in [1.807, 2.05) is 6.07 Å². The topological polar surface area (TPSA) is 58.2 Å². The molecule has 2 aromatic rings. The number of nitrogens with one attached hydrogen (secondary N) is 1. The predicted molar refractivity (Wildman–Crippen MR) is 93.0 cm³/mol. The van der Waals surface area contributed by atoms with Crippen molar-refractivity contribution < 1.29 is 4.74 Å². The van der Waals surface area contributed by atoms with Gasteiger partial charge in [-0.15, -0.1) is 0 Å². The van der Waals surface area contributed by atoms with Gasteiger partial charge in [0.1, 0.15) is 5.82 Å². The number of aromatic nitrogens is 2. The van der Waals surface area contributed by atoms with E-state index in [2.05, 4.69) is 60.6 Å². The molecule has 1 N–H and O–H groups in total. The number of ether oxygens (including phenoxy) is 1. The van der Waals surface area contributed by atoms with Crippen LogP contribution in [0.15, 0.2) is 25.9 Å². The molecule has 0 radical (unpaired) electrons. The van der Waals surface area contributed by atoms with Crippen LogP contribution in [0.4, 0.5) is 0 Å². The minimum absolute atomic E-state index is 0.114. The van der Waals surface area contributed by atoms with E-state index in [1.165, 1.54) is 0 Å². The standard InChI is InChI=1S/C15H17Br2N3O2/c1-8-5-20(6-9(2)22-8)7-13-18-14-11(15(21)19-13)3-10(16)4-12(14)17/h3-4,8-9H,5-7H2,1-2H3,(H,18,19,21)/t8-,9-/m1/s1. The maximum atomic E-state index is 12.3. The van der Waals surface area contributed by atoms with Crippen molar-refractivity contribution >= 4 is 42.8 Å². The van der Waals surface area contributed by atoms with Crippen LogP contribution in [0.3, 0.4) is 0 Å². The molecule has 2 atom stereocenters. The van der Waals surface area contributed by atoms with E-state index < -0.39 is 0 Å². The lowest BCUT2D eigenvalue weighted by molar-refractivity contribution is -0.0710. The van der Waals surface area contributed by atoms with Gasteiger partial charge in [-0.25, -0.2) is 4.98 Å². The van der Waals surface area contributed by atoms with Gasteiger partial charge in [0.05, 0.1) is 29.7 Å². The van der Waals surface area contributed by atoms with Crippen LogP contribution in [0.1, 0.15) is 19.7 Å². The van der Waals surface area contributed by atoms with Crippen molar-refractivity contribution in [3.8, 4) is 0 Å². The van der Waals surface area contributed by atoms with Gasteiger partial charge in [0.15, 0.2) is 0 Å². The molecule has 1 fully saturated rings. The highest BCUT2D eigenvalue weighted by Gasteiger charge is 2.23. The smallest absolute Gasteiger partial charge is 0.258 e. The molecule has 22 heavy (non-hydrogen) atoms.